The van der Waals surface area contributed by atoms with E-state index in [-0.39, 0.29) is 5.91 Å². The van der Waals surface area contributed by atoms with Gasteiger partial charge in [0.05, 0.1) is 0 Å². The van der Waals surface area contributed by atoms with Gasteiger partial charge in [-0.05, 0) is 75.6 Å². The van der Waals surface area contributed by atoms with Crippen LogP contribution in [0.2, 0.25) is 0 Å². The smallest absolute Gasteiger partial charge is 0.408 e. The normalized spacial score (nSPS) is 15.7. The van der Waals surface area contributed by atoms with Gasteiger partial charge in [0.2, 0.25) is 12.0 Å². The first-order valence-electron chi connectivity index (χ1n) is 14.2. The average molecular weight is 568 g/mol. The number of nitrogens with one attached hydrogen (secondary N) is 4. The molecule has 1 saturated heterocycles. The molecule has 0 spiro atoms. The lowest BCUT2D eigenvalue weighted by molar-refractivity contribution is -0.144. The van der Waals surface area contributed by atoms with Crippen molar-refractivity contribution >= 4 is 40.2 Å². The van der Waals surface area contributed by atoms with E-state index in [1.165, 1.54) is 4.90 Å². The number of carbonyl (C=O) groups excluding carboxylic acids is 3. The van der Waals surface area contributed by atoms with Crippen molar-refractivity contribution in [2.45, 2.75) is 51.3 Å². The van der Waals surface area contributed by atoms with E-state index in [9.17, 15) is 14.4 Å². The van der Waals surface area contributed by atoms with Crippen LogP contribution in [0.15, 0.2) is 78.9 Å². The minimum Gasteiger partial charge on any atom is -0.431 e. The van der Waals surface area contributed by atoms with Gasteiger partial charge in [0.15, 0.2) is 0 Å². The van der Waals surface area contributed by atoms with E-state index in [2.05, 4.69) is 27.0 Å². The maximum absolute atomic E-state index is 13.8. The largest absolute Gasteiger partial charge is 0.431 e. The van der Waals surface area contributed by atoms with E-state index < -0.39 is 29.7 Å². The number of rotatable bonds is 7. The second-order valence-corrected chi connectivity index (χ2v) is 11.6. The Balaban J connectivity index is 1.32. The van der Waals surface area contributed by atoms with Gasteiger partial charge in [-0.2, -0.15) is 0 Å². The van der Waals surface area contributed by atoms with E-state index in [0.717, 1.165) is 27.8 Å². The molecule has 0 aliphatic carbocycles. The van der Waals surface area contributed by atoms with Gasteiger partial charge in [-0.1, -0.05) is 42.5 Å². The standard InChI is InChI=1S/C33H37N5O4/c1-33(2,3)37-32(41)42-29(22-9-6-5-7-10-22)31(40)38-18-8-11-28(38)30(39)35-25-16-17-26-23(19-25)20-27(36-26)21-12-14-24(34-4)15-13-21/h5-7,9-10,12-17,19-20,28-29,34,36H,8,11,18H2,1-4H3,(H,35,39)(H,37,41)/t28?,29-/m1/s1. The topological polar surface area (TPSA) is 116 Å². The molecule has 0 saturated carbocycles. The van der Waals surface area contributed by atoms with E-state index in [1.807, 2.05) is 76.3 Å². The number of fused-ring (bicyclic) bond motifs is 1. The monoisotopic (exact) mass is 567 g/mol. The first-order valence-corrected chi connectivity index (χ1v) is 14.2. The molecule has 1 unspecified atom stereocenters. The van der Waals surface area contributed by atoms with Crippen molar-refractivity contribution in [1.82, 2.24) is 15.2 Å². The number of aromatic nitrogens is 1. The second kappa shape index (κ2) is 12.0. The molecule has 2 heterocycles. The van der Waals surface area contributed by atoms with Crippen molar-refractivity contribution in [2.75, 3.05) is 24.2 Å². The molecular formula is C33H37N5O4. The Labute approximate surface area is 245 Å². The van der Waals surface area contributed by atoms with Crippen LogP contribution < -0.4 is 16.0 Å². The summed E-state index contributed by atoms with van der Waals surface area (Å²) in [6.45, 7) is 5.90. The van der Waals surface area contributed by atoms with Crippen molar-refractivity contribution in [3.05, 3.63) is 84.4 Å². The summed E-state index contributed by atoms with van der Waals surface area (Å²) in [7, 11) is 1.89. The molecule has 0 radical (unpaired) electrons. The van der Waals surface area contributed by atoms with E-state index >= 15 is 0 Å². The first kappa shape index (κ1) is 28.7. The van der Waals surface area contributed by atoms with Crippen molar-refractivity contribution < 1.29 is 19.1 Å². The lowest BCUT2D eigenvalue weighted by atomic mass is 10.1. The molecule has 1 aromatic heterocycles. The number of alkyl carbamates (subject to hydrolysis) is 1. The molecule has 4 N–H and O–H groups in total. The first-order chi connectivity index (χ1) is 20.1. The predicted molar refractivity (Wildman–Crippen MR) is 165 cm³/mol. The van der Waals surface area contributed by atoms with Crippen LogP contribution in [0.4, 0.5) is 16.2 Å². The molecule has 3 amide bonds. The number of aromatic amines is 1. The third-order valence-electron chi connectivity index (χ3n) is 7.24. The summed E-state index contributed by atoms with van der Waals surface area (Å²) >= 11 is 0. The summed E-state index contributed by atoms with van der Waals surface area (Å²) in [6.07, 6.45) is -0.667. The van der Waals surface area contributed by atoms with Crippen LogP contribution in [0.25, 0.3) is 22.2 Å². The van der Waals surface area contributed by atoms with E-state index in [1.54, 1.807) is 24.3 Å². The fourth-order valence-electron chi connectivity index (χ4n) is 5.19. The molecule has 1 fully saturated rings. The number of nitrogens with zero attached hydrogens (tertiary/aromatic N) is 1. The quantitative estimate of drug-likeness (QED) is 0.216. The zero-order valence-electron chi connectivity index (χ0n) is 24.4. The molecule has 42 heavy (non-hydrogen) atoms. The van der Waals surface area contributed by atoms with Crippen LogP contribution in [-0.2, 0) is 14.3 Å². The van der Waals surface area contributed by atoms with Crippen LogP contribution >= 0.6 is 0 Å². The number of ether oxygens (including phenoxy) is 1. The number of H-pyrrole nitrogens is 1. The Morgan fingerprint density at radius 1 is 0.952 bits per heavy atom. The lowest BCUT2D eigenvalue weighted by Gasteiger charge is -2.29. The number of likely N-dealkylation sites (tertiary alicyclic amines) is 1. The maximum atomic E-state index is 13.8. The van der Waals surface area contributed by atoms with Crippen molar-refractivity contribution in [3.63, 3.8) is 0 Å². The molecule has 2 atom stereocenters. The highest BCUT2D eigenvalue weighted by Crippen LogP contribution is 2.29. The third-order valence-corrected chi connectivity index (χ3v) is 7.24. The van der Waals surface area contributed by atoms with E-state index in [4.69, 9.17) is 4.74 Å². The molecule has 3 aromatic carbocycles. The highest BCUT2D eigenvalue weighted by atomic mass is 16.6. The predicted octanol–water partition coefficient (Wildman–Crippen LogP) is 6.07. The lowest BCUT2D eigenvalue weighted by Crippen LogP contribution is -2.47. The minimum absolute atomic E-state index is 0.274. The molecule has 1 aliphatic rings. The fraction of sp³-hybridized carbons (Fsp3) is 0.303. The van der Waals surface area contributed by atoms with Crippen LogP contribution in [0.3, 0.4) is 0 Å². The van der Waals surface area contributed by atoms with Crippen LogP contribution in [0.1, 0.15) is 45.3 Å². The molecule has 9 heteroatoms. The molecule has 9 nitrogen and oxygen atoms in total. The zero-order chi connectivity index (χ0) is 29.9. The van der Waals surface area contributed by atoms with Gasteiger partial charge in [-0.25, -0.2) is 4.79 Å². The van der Waals surface area contributed by atoms with Crippen LogP contribution in [0.5, 0.6) is 0 Å². The number of anilines is 2. The van der Waals surface area contributed by atoms with Gasteiger partial charge in [0.25, 0.3) is 5.91 Å². The number of hydrogen-bond acceptors (Lipinski definition) is 5. The summed E-state index contributed by atoms with van der Waals surface area (Å²) in [5.41, 5.74) is 4.68. The fourth-order valence-corrected chi connectivity index (χ4v) is 5.19. The Bertz CT molecular complexity index is 1570. The van der Waals surface area contributed by atoms with Gasteiger partial charge in [0.1, 0.15) is 6.04 Å². The highest BCUT2D eigenvalue weighted by molar-refractivity contribution is 6.00. The summed E-state index contributed by atoms with van der Waals surface area (Å²) in [4.78, 5) is 44.9. The molecule has 218 valence electrons. The minimum atomic E-state index is -1.17. The van der Waals surface area contributed by atoms with Gasteiger partial charge < -0.3 is 30.6 Å². The van der Waals surface area contributed by atoms with Crippen LogP contribution in [0, 0.1) is 0 Å². The summed E-state index contributed by atoms with van der Waals surface area (Å²) < 4.78 is 5.65. The molecule has 4 aromatic rings. The van der Waals surface area contributed by atoms with Crippen molar-refractivity contribution in [1.29, 1.82) is 0 Å². The number of benzene rings is 3. The van der Waals surface area contributed by atoms with Crippen molar-refractivity contribution in [2.24, 2.45) is 0 Å². The van der Waals surface area contributed by atoms with E-state index in [0.29, 0.717) is 30.6 Å². The summed E-state index contributed by atoms with van der Waals surface area (Å²) in [5, 5.41) is 9.83. The Hall–Kier alpha value is -4.79. The third kappa shape index (κ3) is 6.57. The Kier molecular flexibility index (Phi) is 8.20. The maximum Gasteiger partial charge on any atom is 0.408 e. The summed E-state index contributed by atoms with van der Waals surface area (Å²) in [6, 6.07) is 24.1. The highest BCUT2D eigenvalue weighted by Gasteiger charge is 2.39. The SMILES string of the molecule is CNc1ccc(-c2cc3cc(NC(=O)C4CCCN4C(=O)[C@H](OC(=O)NC(C)(C)C)c4ccccc4)ccc3[nH]2)cc1. The van der Waals surface area contributed by atoms with Crippen molar-refractivity contribution in [3.8, 4) is 11.3 Å². The van der Waals surface area contributed by atoms with Gasteiger partial charge in [0, 0.05) is 52.7 Å². The molecule has 1 aliphatic heterocycles. The molecule has 5 rings (SSSR count). The molecule has 0 bridgehead atoms. The molecular weight excluding hydrogens is 530 g/mol. The van der Waals surface area contributed by atoms with Gasteiger partial charge in [-0.15, -0.1) is 0 Å². The van der Waals surface area contributed by atoms with Crippen LogP contribution in [-0.4, -0.2) is 53.0 Å². The summed E-state index contributed by atoms with van der Waals surface area (Å²) in [5.74, 6) is -0.692. The van der Waals surface area contributed by atoms with Gasteiger partial charge >= 0.3 is 6.09 Å². The number of hydrogen-bond donors (Lipinski definition) is 4. The zero-order valence-corrected chi connectivity index (χ0v) is 24.4. The van der Waals surface area contributed by atoms with Gasteiger partial charge in [-0.3, -0.25) is 9.59 Å². The second-order valence-electron chi connectivity index (χ2n) is 11.6. The average Bonchev–Trinajstić information content (AvgIpc) is 3.63. The number of amides is 3. The Morgan fingerprint density at radius 3 is 2.36 bits per heavy atom. The number of carbonyl (C=O) groups is 3. The Morgan fingerprint density at radius 2 is 1.67 bits per heavy atom.